The number of carbonyl (C=O) groups excluding carboxylic acids is 1. The number of amides is 1. The van der Waals surface area contributed by atoms with Crippen LogP contribution < -0.4 is 10.6 Å². The van der Waals surface area contributed by atoms with Crippen molar-refractivity contribution in [2.75, 3.05) is 0 Å². The zero-order valence-corrected chi connectivity index (χ0v) is 14.5. The van der Waals surface area contributed by atoms with E-state index < -0.39 is 6.04 Å². The van der Waals surface area contributed by atoms with Gasteiger partial charge in [-0.25, -0.2) is 0 Å². The highest BCUT2D eigenvalue weighted by atomic mass is 16.3. The molecule has 1 saturated carbocycles. The van der Waals surface area contributed by atoms with E-state index in [1.54, 1.807) is 12.5 Å². The van der Waals surface area contributed by atoms with Gasteiger partial charge in [0, 0.05) is 11.6 Å². The van der Waals surface area contributed by atoms with Crippen LogP contribution in [0.3, 0.4) is 0 Å². The second-order valence-corrected chi connectivity index (χ2v) is 6.69. The summed E-state index contributed by atoms with van der Waals surface area (Å²) < 4.78 is 5.30. The first-order chi connectivity index (χ1) is 12.8. The van der Waals surface area contributed by atoms with Crippen molar-refractivity contribution in [1.29, 1.82) is 0 Å². The zero-order chi connectivity index (χ0) is 17.8. The molecule has 1 aliphatic rings. The molecule has 4 nitrogen and oxygen atoms in total. The van der Waals surface area contributed by atoms with E-state index in [2.05, 4.69) is 22.8 Å². The standard InChI is InChI=1S/C22H22N2O2/c25-22(23-19-11-12-19)21(17-9-5-2-6-10-17)24-20(18-13-14-26-15-18)16-7-3-1-4-8-16/h1-10,13-15,19-21,24H,11-12H2,(H,23,25). The molecule has 1 amide bonds. The van der Waals surface area contributed by atoms with Crippen LogP contribution in [0.1, 0.15) is 41.6 Å². The molecule has 26 heavy (non-hydrogen) atoms. The predicted octanol–water partition coefficient (Wildman–Crippen LogP) is 3.98. The third kappa shape index (κ3) is 3.86. The maximum absolute atomic E-state index is 12.9. The topological polar surface area (TPSA) is 54.3 Å². The highest BCUT2D eigenvalue weighted by Crippen LogP contribution is 2.28. The molecule has 0 aliphatic heterocycles. The summed E-state index contributed by atoms with van der Waals surface area (Å²) >= 11 is 0. The fourth-order valence-corrected chi connectivity index (χ4v) is 3.12. The van der Waals surface area contributed by atoms with E-state index in [1.165, 1.54) is 0 Å². The molecule has 0 bridgehead atoms. The molecule has 0 radical (unpaired) electrons. The molecule has 3 aromatic rings. The molecule has 1 aliphatic carbocycles. The molecule has 1 aromatic heterocycles. The van der Waals surface area contributed by atoms with Crippen molar-refractivity contribution >= 4 is 5.91 Å². The fraction of sp³-hybridized carbons (Fsp3) is 0.227. The largest absolute Gasteiger partial charge is 0.472 e. The molecule has 2 N–H and O–H groups in total. The SMILES string of the molecule is O=C(NC1CC1)C(NC(c1ccccc1)c1ccoc1)c1ccccc1. The lowest BCUT2D eigenvalue weighted by Crippen LogP contribution is -2.40. The van der Waals surface area contributed by atoms with Gasteiger partial charge in [0.05, 0.1) is 18.6 Å². The first-order valence-corrected chi connectivity index (χ1v) is 8.99. The summed E-state index contributed by atoms with van der Waals surface area (Å²) in [4.78, 5) is 12.9. The van der Waals surface area contributed by atoms with Crippen LogP contribution in [0.25, 0.3) is 0 Å². The quantitative estimate of drug-likeness (QED) is 0.680. The molecule has 2 atom stereocenters. The van der Waals surface area contributed by atoms with Crippen LogP contribution in [0, 0.1) is 0 Å². The van der Waals surface area contributed by atoms with Gasteiger partial charge in [0.15, 0.2) is 0 Å². The van der Waals surface area contributed by atoms with Crippen molar-refractivity contribution in [3.05, 3.63) is 95.9 Å². The van der Waals surface area contributed by atoms with E-state index >= 15 is 0 Å². The average Bonchev–Trinajstić information content (AvgIpc) is 3.33. The van der Waals surface area contributed by atoms with Crippen LogP contribution in [-0.4, -0.2) is 11.9 Å². The molecule has 2 unspecified atom stereocenters. The summed E-state index contributed by atoms with van der Waals surface area (Å²) in [6.45, 7) is 0. The first-order valence-electron chi connectivity index (χ1n) is 8.99. The lowest BCUT2D eigenvalue weighted by molar-refractivity contribution is -0.123. The van der Waals surface area contributed by atoms with Gasteiger partial charge in [0.2, 0.25) is 5.91 Å². The first kappa shape index (κ1) is 16.6. The van der Waals surface area contributed by atoms with Crippen LogP contribution in [0.5, 0.6) is 0 Å². The van der Waals surface area contributed by atoms with Crippen molar-refractivity contribution in [2.24, 2.45) is 0 Å². The van der Waals surface area contributed by atoms with Crippen LogP contribution in [-0.2, 0) is 4.79 Å². The number of carbonyl (C=O) groups is 1. The summed E-state index contributed by atoms with van der Waals surface area (Å²) in [5.74, 6) is 0.0168. The minimum Gasteiger partial charge on any atom is -0.472 e. The zero-order valence-electron chi connectivity index (χ0n) is 14.5. The summed E-state index contributed by atoms with van der Waals surface area (Å²) in [7, 11) is 0. The van der Waals surface area contributed by atoms with E-state index in [4.69, 9.17) is 4.42 Å². The van der Waals surface area contributed by atoms with Gasteiger partial charge in [-0.2, -0.15) is 0 Å². The lowest BCUT2D eigenvalue weighted by atomic mass is 9.97. The van der Waals surface area contributed by atoms with Crippen molar-refractivity contribution in [3.8, 4) is 0 Å². The molecule has 1 fully saturated rings. The number of hydrogen-bond donors (Lipinski definition) is 2. The van der Waals surface area contributed by atoms with Gasteiger partial charge in [0.25, 0.3) is 0 Å². The Morgan fingerprint density at radius 2 is 1.54 bits per heavy atom. The van der Waals surface area contributed by atoms with Gasteiger partial charge in [-0.05, 0) is 30.0 Å². The van der Waals surface area contributed by atoms with Crippen molar-refractivity contribution < 1.29 is 9.21 Å². The number of rotatable bonds is 7. The summed E-state index contributed by atoms with van der Waals surface area (Å²) in [6, 6.07) is 21.7. The molecular weight excluding hydrogens is 324 g/mol. The van der Waals surface area contributed by atoms with Gasteiger partial charge < -0.3 is 9.73 Å². The third-order valence-corrected chi connectivity index (χ3v) is 4.66. The molecule has 1 heterocycles. The monoisotopic (exact) mass is 346 g/mol. The minimum atomic E-state index is -0.433. The Morgan fingerprint density at radius 1 is 0.885 bits per heavy atom. The molecule has 0 spiro atoms. The van der Waals surface area contributed by atoms with E-state index in [0.29, 0.717) is 6.04 Å². The maximum Gasteiger partial charge on any atom is 0.241 e. The number of furan rings is 1. The minimum absolute atomic E-state index is 0.0168. The summed E-state index contributed by atoms with van der Waals surface area (Å²) in [5.41, 5.74) is 3.04. The van der Waals surface area contributed by atoms with Gasteiger partial charge in [-0.1, -0.05) is 60.7 Å². The van der Waals surface area contributed by atoms with Gasteiger partial charge in [-0.3, -0.25) is 10.1 Å². The predicted molar refractivity (Wildman–Crippen MR) is 100 cm³/mol. The van der Waals surface area contributed by atoms with Crippen LogP contribution >= 0.6 is 0 Å². The van der Waals surface area contributed by atoms with Crippen molar-refractivity contribution in [2.45, 2.75) is 31.0 Å². The average molecular weight is 346 g/mol. The smallest absolute Gasteiger partial charge is 0.241 e. The van der Waals surface area contributed by atoms with E-state index in [-0.39, 0.29) is 11.9 Å². The number of benzene rings is 2. The van der Waals surface area contributed by atoms with Gasteiger partial charge in [-0.15, -0.1) is 0 Å². The van der Waals surface area contributed by atoms with Gasteiger partial charge >= 0.3 is 0 Å². The molecular formula is C22H22N2O2. The Hall–Kier alpha value is -2.85. The Bertz CT molecular complexity index is 827. The summed E-state index contributed by atoms with van der Waals surface area (Å²) in [6.07, 6.45) is 5.52. The fourth-order valence-electron chi connectivity index (χ4n) is 3.12. The second-order valence-electron chi connectivity index (χ2n) is 6.69. The summed E-state index contributed by atoms with van der Waals surface area (Å²) in [5, 5.41) is 6.68. The Balaban J connectivity index is 1.66. The molecule has 4 rings (SSSR count). The Labute approximate surface area is 153 Å². The Kier molecular flexibility index (Phi) is 4.84. The molecule has 4 heteroatoms. The maximum atomic E-state index is 12.9. The number of hydrogen-bond acceptors (Lipinski definition) is 3. The van der Waals surface area contributed by atoms with Crippen LogP contribution in [0.15, 0.2) is 83.7 Å². The van der Waals surface area contributed by atoms with Crippen molar-refractivity contribution in [1.82, 2.24) is 10.6 Å². The second kappa shape index (κ2) is 7.58. The third-order valence-electron chi connectivity index (χ3n) is 4.66. The molecule has 132 valence electrons. The highest BCUT2D eigenvalue weighted by molar-refractivity contribution is 5.83. The van der Waals surface area contributed by atoms with Crippen LogP contribution in [0.2, 0.25) is 0 Å². The highest BCUT2D eigenvalue weighted by Gasteiger charge is 2.30. The molecule has 0 saturated heterocycles. The van der Waals surface area contributed by atoms with E-state index in [0.717, 1.165) is 29.5 Å². The Morgan fingerprint density at radius 3 is 2.12 bits per heavy atom. The molecule has 2 aromatic carbocycles. The normalized spacial score (nSPS) is 16.0. The van der Waals surface area contributed by atoms with E-state index in [1.807, 2.05) is 54.6 Å². The lowest BCUT2D eigenvalue weighted by Gasteiger charge is -2.25. The van der Waals surface area contributed by atoms with Crippen molar-refractivity contribution in [3.63, 3.8) is 0 Å². The number of nitrogens with one attached hydrogen (secondary N) is 2. The van der Waals surface area contributed by atoms with Gasteiger partial charge in [0.1, 0.15) is 6.04 Å². The van der Waals surface area contributed by atoms with Crippen LogP contribution in [0.4, 0.5) is 0 Å². The van der Waals surface area contributed by atoms with E-state index in [9.17, 15) is 4.79 Å².